The minimum absolute atomic E-state index is 0.200. The summed E-state index contributed by atoms with van der Waals surface area (Å²) in [6.45, 7) is 0.540. The van der Waals surface area contributed by atoms with E-state index in [4.69, 9.17) is 0 Å². The Morgan fingerprint density at radius 2 is 2.00 bits per heavy atom. The molecule has 0 atom stereocenters. The number of thioether (sulfide) groups is 1. The molecule has 1 N–H and O–H groups in total. The lowest BCUT2D eigenvalue weighted by atomic mass is 10.2. The Labute approximate surface area is 134 Å². The van der Waals surface area contributed by atoms with Gasteiger partial charge in [-0.2, -0.15) is 0 Å². The molecular weight excluding hydrogens is 359 g/mol. The SMILES string of the molecule is O=[N+]([O-])c1cc(F)c(Br)cc1NCCSc1ccccc1. The van der Waals surface area contributed by atoms with E-state index in [2.05, 4.69) is 21.2 Å². The van der Waals surface area contributed by atoms with Crippen LogP contribution in [0, 0.1) is 15.9 Å². The second-order valence-electron chi connectivity index (χ2n) is 4.13. The van der Waals surface area contributed by atoms with Crippen molar-refractivity contribution in [3.63, 3.8) is 0 Å². The van der Waals surface area contributed by atoms with E-state index in [0.717, 1.165) is 16.7 Å². The molecule has 2 aromatic rings. The molecule has 0 saturated heterocycles. The van der Waals surface area contributed by atoms with Crippen molar-refractivity contribution < 1.29 is 9.31 Å². The largest absolute Gasteiger partial charge is 0.379 e. The van der Waals surface area contributed by atoms with Crippen LogP contribution in [0.1, 0.15) is 0 Å². The van der Waals surface area contributed by atoms with Crippen molar-refractivity contribution >= 4 is 39.1 Å². The molecule has 0 spiro atoms. The Hall–Kier alpha value is -1.60. The first-order valence-electron chi connectivity index (χ1n) is 6.13. The lowest BCUT2D eigenvalue weighted by Crippen LogP contribution is -2.07. The standard InChI is InChI=1S/C14H12BrFN2O2S/c15-11-8-13(14(18(19)20)9-12(11)16)17-6-7-21-10-4-2-1-3-5-10/h1-5,8-9,17H,6-7H2. The zero-order valence-corrected chi connectivity index (χ0v) is 13.3. The first kappa shape index (κ1) is 15.8. The highest BCUT2D eigenvalue weighted by Crippen LogP contribution is 2.30. The van der Waals surface area contributed by atoms with Gasteiger partial charge in [-0.15, -0.1) is 11.8 Å². The van der Waals surface area contributed by atoms with Crippen LogP contribution in [-0.4, -0.2) is 17.2 Å². The third kappa shape index (κ3) is 4.44. The summed E-state index contributed by atoms with van der Waals surface area (Å²) in [7, 11) is 0. The molecule has 0 aliphatic rings. The van der Waals surface area contributed by atoms with E-state index in [9.17, 15) is 14.5 Å². The van der Waals surface area contributed by atoms with Crippen molar-refractivity contribution in [2.45, 2.75) is 4.90 Å². The molecule has 0 saturated carbocycles. The second kappa shape index (κ2) is 7.42. The van der Waals surface area contributed by atoms with Crippen molar-refractivity contribution in [3.8, 4) is 0 Å². The topological polar surface area (TPSA) is 55.2 Å². The Balaban J connectivity index is 1.96. The number of benzene rings is 2. The summed E-state index contributed by atoms with van der Waals surface area (Å²) in [4.78, 5) is 11.5. The number of nitro benzene ring substituents is 1. The fraction of sp³-hybridized carbons (Fsp3) is 0.143. The number of nitrogens with one attached hydrogen (secondary N) is 1. The van der Waals surface area contributed by atoms with Crippen molar-refractivity contribution in [1.82, 2.24) is 0 Å². The summed E-state index contributed by atoms with van der Waals surface area (Å²) < 4.78 is 13.5. The number of rotatable bonds is 6. The Morgan fingerprint density at radius 1 is 1.29 bits per heavy atom. The molecule has 0 aliphatic carbocycles. The maximum absolute atomic E-state index is 13.3. The second-order valence-corrected chi connectivity index (χ2v) is 6.15. The average Bonchev–Trinajstić information content (AvgIpc) is 2.47. The van der Waals surface area contributed by atoms with Gasteiger partial charge in [0.05, 0.1) is 15.5 Å². The zero-order chi connectivity index (χ0) is 15.2. The molecule has 0 heterocycles. The summed E-state index contributed by atoms with van der Waals surface area (Å²) in [5, 5.41) is 13.9. The summed E-state index contributed by atoms with van der Waals surface area (Å²) in [5.74, 6) is 0.0989. The van der Waals surface area contributed by atoms with Crippen molar-refractivity contribution in [3.05, 3.63) is 62.9 Å². The third-order valence-corrected chi connectivity index (χ3v) is 4.29. The van der Waals surface area contributed by atoms with Crippen LogP contribution in [0.25, 0.3) is 0 Å². The van der Waals surface area contributed by atoms with Gasteiger partial charge in [-0.1, -0.05) is 18.2 Å². The minimum atomic E-state index is -0.647. The van der Waals surface area contributed by atoms with Crippen molar-refractivity contribution in [1.29, 1.82) is 0 Å². The van der Waals surface area contributed by atoms with Gasteiger partial charge >= 0.3 is 0 Å². The molecule has 0 radical (unpaired) electrons. The van der Waals surface area contributed by atoms with E-state index in [1.54, 1.807) is 11.8 Å². The maximum atomic E-state index is 13.3. The van der Waals surface area contributed by atoms with Gasteiger partial charge in [0.25, 0.3) is 5.69 Å². The van der Waals surface area contributed by atoms with Gasteiger partial charge in [0.1, 0.15) is 11.5 Å². The number of hydrogen-bond donors (Lipinski definition) is 1. The fourth-order valence-electron chi connectivity index (χ4n) is 1.70. The maximum Gasteiger partial charge on any atom is 0.295 e. The smallest absolute Gasteiger partial charge is 0.295 e. The van der Waals surface area contributed by atoms with Gasteiger partial charge in [0.2, 0.25) is 0 Å². The fourth-order valence-corrected chi connectivity index (χ4v) is 2.83. The van der Waals surface area contributed by atoms with Crippen LogP contribution < -0.4 is 5.32 Å². The van der Waals surface area contributed by atoms with E-state index in [0.29, 0.717) is 12.2 Å². The Bertz CT molecular complexity index is 640. The van der Waals surface area contributed by atoms with Crippen LogP contribution >= 0.6 is 27.7 Å². The van der Waals surface area contributed by atoms with Crippen LogP contribution in [0.2, 0.25) is 0 Å². The van der Waals surface area contributed by atoms with Gasteiger partial charge in [-0.3, -0.25) is 10.1 Å². The van der Waals surface area contributed by atoms with Crippen LogP contribution in [0.3, 0.4) is 0 Å². The minimum Gasteiger partial charge on any atom is -0.379 e. The van der Waals surface area contributed by atoms with E-state index < -0.39 is 10.7 Å². The van der Waals surface area contributed by atoms with Crippen LogP contribution in [0.15, 0.2) is 51.8 Å². The van der Waals surface area contributed by atoms with Crippen LogP contribution in [0.4, 0.5) is 15.8 Å². The highest BCUT2D eigenvalue weighted by Gasteiger charge is 2.17. The van der Waals surface area contributed by atoms with Crippen LogP contribution in [-0.2, 0) is 0 Å². The molecule has 110 valence electrons. The molecule has 7 heteroatoms. The van der Waals surface area contributed by atoms with Gasteiger partial charge in [0.15, 0.2) is 0 Å². The molecule has 0 bridgehead atoms. The number of nitro groups is 1. The van der Waals surface area contributed by atoms with Crippen LogP contribution in [0.5, 0.6) is 0 Å². The lowest BCUT2D eigenvalue weighted by molar-refractivity contribution is -0.384. The molecule has 2 rings (SSSR count). The van der Waals surface area contributed by atoms with Gasteiger partial charge in [-0.05, 0) is 34.1 Å². The van der Waals surface area contributed by atoms with Gasteiger partial charge in [0, 0.05) is 17.2 Å². The quantitative estimate of drug-likeness (QED) is 0.346. The predicted molar refractivity (Wildman–Crippen MR) is 86.4 cm³/mol. The van der Waals surface area contributed by atoms with Gasteiger partial charge < -0.3 is 5.32 Å². The highest BCUT2D eigenvalue weighted by molar-refractivity contribution is 9.10. The molecule has 0 aromatic heterocycles. The van der Waals surface area contributed by atoms with Crippen molar-refractivity contribution in [2.75, 3.05) is 17.6 Å². The molecule has 0 fully saturated rings. The van der Waals surface area contributed by atoms with E-state index in [1.807, 2.05) is 30.3 Å². The Morgan fingerprint density at radius 3 is 2.67 bits per heavy atom. The summed E-state index contributed by atoms with van der Waals surface area (Å²) in [6, 6.07) is 12.2. The Kier molecular flexibility index (Phi) is 5.58. The molecule has 4 nitrogen and oxygen atoms in total. The normalized spacial score (nSPS) is 10.4. The first-order chi connectivity index (χ1) is 10.1. The van der Waals surface area contributed by atoms with Crippen molar-refractivity contribution in [2.24, 2.45) is 0 Å². The third-order valence-electron chi connectivity index (χ3n) is 2.66. The lowest BCUT2D eigenvalue weighted by Gasteiger charge is -2.08. The summed E-state index contributed by atoms with van der Waals surface area (Å²) in [6.07, 6.45) is 0. The zero-order valence-electron chi connectivity index (χ0n) is 10.9. The number of anilines is 1. The monoisotopic (exact) mass is 370 g/mol. The van der Waals surface area contributed by atoms with E-state index in [1.165, 1.54) is 6.07 Å². The van der Waals surface area contributed by atoms with Gasteiger partial charge in [-0.25, -0.2) is 4.39 Å². The molecule has 0 unspecified atom stereocenters. The molecule has 21 heavy (non-hydrogen) atoms. The summed E-state index contributed by atoms with van der Waals surface area (Å²) in [5.41, 5.74) is 0.0438. The van der Waals surface area contributed by atoms with E-state index in [-0.39, 0.29) is 10.2 Å². The average molecular weight is 371 g/mol. The number of nitrogens with zero attached hydrogens (tertiary/aromatic N) is 1. The predicted octanol–water partition coefficient (Wildman–Crippen LogP) is 4.70. The first-order valence-corrected chi connectivity index (χ1v) is 7.91. The number of hydrogen-bond acceptors (Lipinski definition) is 4. The highest BCUT2D eigenvalue weighted by atomic mass is 79.9. The molecule has 2 aromatic carbocycles. The van der Waals surface area contributed by atoms with E-state index >= 15 is 0 Å². The molecular formula is C14H12BrFN2O2S. The molecule has 0 amide bonds. The summed E-state index contributed by atoms with van der Waals surface area (Å²) >= 11 is 4.68. The molecule has 0 aliphatic heterocycles. The number of halogens is 2.